The quantitative estimate of drug-likeness (QED) is 0.438. The van der Waals surface area contributed by atoms with Crippen LogP contribution < -0.4 is 5.32 Å². The highest BCUT2D eigenvalue weighted by molar-refractivity contribution is 6.31. The van der Waals surface area contributed by atoms with Crippen LogP contribution in [-0.4, -0.2) is 46.3 Å². The van der Waals surface area contributed by atoms with Crippen LogP contribution in [0.3, 0.4) is 0 Å². The second-order valence-corrected chi connectivity index (χ2v) is 8.57. The second kappa shape index (κ2) is 13.2. The largest absolute Gasteiger partial charge is 0.352 e. The monoisotopic (exact) mass is 412 g/mol. The molecule has 1 aromatic heterocycles. The molecule has 162 valence electrons. The van der Waals surface area contributed by atoms with Gasteiger partial charge < -0.3 is 10.2 Å². The van der Waals surface area contributed by atoms with E-state index in [-0.39, 0.29) is 17.9 Å². The lowest BCUT2D eigenvalue weighted by molar-refractivity contribution is -0.125. The van der Waals surface area contributed by atoms with E-state index in [4.69, 9.17) is 11.6 Å². The number of unbranched alkanes of at least 4 members (excludes halogenated alkanes) is 4. The van der Waals surface area contributed by atoms with Crippen LogP contribution in [0.5, 0.6) is 0 Å². The first-order valence-corrected chi connectivity index (χ1v) is 11.4. The number of rotatable bonds is 14. The molecule has 6 heteroatoms. The van der Waals surface area contributed by atoms with Crippen molar-refractivity contribution in [3.63, 3.8) is 0 Å². The minimum atomic E-state index is -0.148. The highest BCUT2D eigenvalue weighted by Crippen LogP contribution is 2.19. The smallest absolute Gasteiger partial charge is 0.224 e. The van der Waals surface area contributed by atoms with Gasteiger partial charge in [-0.2, -0.15) is 5.10 Å². The van der Waals surface area contributed by atoms with Gasteiger partial charge >= 0.3 is 0 Å². The first-order valence-electron chi connectivity index (χ1n) is 11.0. The molecule has 0 spiro atoms. The normalized spacial score (nSPS) is 13.7. The Morgan fingerprint density at radius 2 is 1.68 bits per heavy atom. The Kier molecular flexibility index (Phi) is 11.8. The van der Waals surface area contributed by atoms with Crippen molar-refractivity contribution in [2.75, 3.05) is 19.6 Å². The highest BCUT2D eigenvalue weighted by atomic mass is 35.5. The van der Waals surface area contributed by atoms with Crippen LogP contribution in [0.15, 0.2) is 0 Å². The van der Waals surface area contributed by atoms with Crippen molar-refractivity contribution in [3.05, 3.63) is 16.4 Å². The molecule has 28 heavy (non-hydrogen) atoms. The summed E-state index contributed by atoms with van der Waals surface area (Å²) in [7, 11) is 0. The molecule has 0 aliphatic rings. The molecule has 0 aliphatic heterocycles. The van der Waals surface area contributed by atoms with Gasteiger partial charge in [0.05, 0.1) is 28.9 Å². The van der Waals surface area contributed by atoms with Crippen molar-refractivity contribution < 1.29 is 4.79 Å². The summed E-state index contributed by atoms with van der Waals surface area (Å²) in [6, 6.07) is 0.141. The van der Waals surface area contributed by atoms with Crippen LogP contribution >= 0.6 is 11.6 Å². The SMILES string of the molecule is CCCCCN(CCCCC)CC(C)NC(=O)C(C)Cn1nc(C)c(Cl)c1C. The molecule has 1 heterocycles. The van der Waals surface area contributed by atoms with Gasteiger partial charge in [0.15, 0.2) is 0 Å². The minimum absolute atomic E-state index is 0.0817. The van der Waals surface area contributed by atoms with Crippen LogP contribution in [0.1, 0.15) is 77.6 Å². The molecule has 0 aliphatic carbocycles. The molecule has 1 rings (SSSR count). The van der Waals surface area contributed by atoms with Crippen molar-refractivity contribution in [1.82, 2.24) is 20.0 Å². The van der Waals surface area contributed by atoms with E-state index in [1.807, 2.05) is 25.5 Å². The molecule has 0 bridgehead atoms. The third-order valence-electron chi connectivity index (χ3n) is 5.26. The number of nitrogens with one attached hydrogen (secondary N) is 1. The van der Waals surface area contributed by atoms with Gasteiger partial charge in [-0.15, -0.1) is 0 Å². The van der Waals surface area contributed by atoms with Gasteiger partial charge in [-0.3, -0.25) is 9.48 Å². The summed E-state index contributed by atoms with van der Waals surface area (Å²) in [6.07, 6.45) is 7.49. The van der Waals surface area contributed by atoms with Gasteiger partial charge in [-0.05, 0) is 46.7 Å². The van der Waals surface area contributed by atoms with E-state index in [2.05, 4.69) is 36.1 Å². The van der Waals surface area contributed by atoms with Gasteiger partial charge in [0.25, 0.3) is 0 Å². The average Bonchev–Trinajstić information content (AvgIpc) is 2.88. The number of amides is 1. The molecule has 0 aromatic carbocycles. The summed E-state index contributed by atoms with van der Waals surface area (Å²) < 4.78 is 1.84. The third-order valence-corrected chi connectivity index (χ3v) is 5.81. The third kappa shape index (κ3) is 8.52. The number of nitrogens with zero attached hydrogens (tertiary/aromatic N) is 3. The zero-order valence-corrected chi connectivity index (χ0v) is 19.6. The van der Waals surface area contributed by atoms with Gasteiger partial charge in [-0.1, -0.05) is 58.1 Å². The number of hydrogen-bond acceptors (Lipinski definition) is 3. The fourth-order valence-electron chi connectivity index (χ4n) is 3.48. The molecule has 0 radical (unpaired) electrons. The van der Waals surface area contributed by atoms with E-state index in [1.165, 1.54) is 38.5 Å². The van der Waals surface area contributed by atoms with E-state index in [0.717, 1.165) is 31.0 Å². The number of aryl methyl sites for hydroxylation is 1. The molecule has 0 saturated heterocycles. The maximum atomic E-state index is 12.7. The lowest BCUT2D eigenvalue weighted by Gasteiger charge is -2.27. The van der Waals surface area contributed by atoms with Gasteiger partial charge in [0.2, 0.25) is 5.91 Å². The topological polar surface area (TPSA) is 50.2 Å². The maximum Gasteiger partial charge on any atom is 0.224 e. The molecule has 0 fully saturated rings. The Morgan fingerprint density at radius 1 is 1.11 bits per heavy atom. The number of halogens is 1. The van der Waals surface area contributed by atoms with E-state index in [9.17, 15) is 4.79 Å². The molecule has 0 saturated carbocycles. The Morgan fingerprint density at radius 3 is 2.14 bits per heavy atom. The molecular formula is C22H41ClN4O. The summed E-state index contributed by atoms with van der Waals surface area (Å²) in [5, 5.41) is 8.33. The number of carbonyl (C=O) groups is 1. The number of aromatic nitrogens is 2. The zero-order valence-electron chi connectivity index (χ0n) is 18.9. The summed E-state index contributed by atoms with van der Waals surface area (Å²) in [5.74, 6) is -0.0663. The van der Waals surface area contributed by atoms with Crippen molar-refractivity contribution in [1.29, 1.82) is 0 Å². The molecule has 5 nitrogen and oxygen atoms in total. The average molecular weight is 413 g/mol. The predicted molar refractivity (Wildman–Crippen MR) is 119 cm³/mol. The Labute approximate surface area is 177 Å². The lowest BCUT2D eigenvalue weighted by atomic mass is 10.1. The first-order chi connectivity index (χ1) is 13.3. The van der Waals surface area contributed by atoms with Gasteiger partial charge in [-0.25, -0.2) is 0 Å². The van der Waals surface area contributed by atoms with E-state index in [0.29, 0.717) is 11.6 Å². The van der Waals surface area contributed by atoms with Gasteiger partial charge in [0.1, 0.15) is 0 Å². The van der Waals surface area contributed by atoms with Crippen molar-refractivity contribution >= 4 is 17.5 Å². The van der Waals surface area contributed by atoms with E-state index >= 15 is 0 Å². The van der Waals surface area contributed by atoms with Crippen molar-refractivity contribution in [2.24, 2.45) is 5.92 Å². The maximum absolute atomic E-state index is 12.7. The number of carbonyl (C=O) groups excluding carboxylic acids is 1. The Bertz CT molecular complexity index is 577. The molecule has 2 atom stereocenters. The Balaban J connectivity index is 2.53. The number of hydrogen-bond donors (Lipinski definition) is 1. The van der Waals surface area contributed by atoms with Crippen LogP contribution in [0.4, 0.5) is 0 Å². The molecular weight excluding hydrogens is 372 g/mol. The summed E-state index contributed by atoms with van der Waals surface area (Å²) in [5.41, 5.74) is 1.74. The second-order valence-electron chi connectivity index (χ2n) is 8.19. The lowest BCUT2D eigenvalue weighted by Crippen LogP contribution is -2.45. The fourth-order valence-corrected chi connectivity index (χ4v) is 3.61. The summed E-state index contributed by atoms with van der Waals surface area (Å²) in [6.45, 7) is 16.1. The molecule has 1 amide bonds. The van der Waals surface area contributed by atoms with E-state index in [1.54, 1.807) is 0 Å². The van der Waals surface area contributed by atoms with Crippen molar-refractivity contribution in [2.45, 2.75) is 92.7 Å². The van der Waals surface area contributed by atoms with Crippen LogP contribution in [-0.2, 0) is 11.3 Å². The first kappa shape index (κ1) is 25.0. The standard InChI is InChI=1S/C22H41ClN4O/c1-7-9-11-13-26(14-12-10-8-2)16-18(4)24-22(28)17(3)15-27-20(6)21(23)19(5)25-27/h17-18H,7-16H2,1-6H3,(H,24,28). The van der Waals surface area contributed by atoms with E-state index < -0.39 is 0 Å². The molecule has 1 aromatic rings. The van der Waals surface area contributed by atoms with Gasteiger partial charge in [0, 0.05) is 12.6 Å². The minimum Gasteiger partial charge on any atom is -0.352 e. The summed E-state index contributed by atoms with van der Waals surface area (Å²) >= 11 is 6.22. The van der Waals surface area contributed by atoms with Crippen LogP contribution in [0, 0.1) is 19.8 Å². The highest BCUT2D eigenvalue weighted by Gasteiger charge is 2.20. The van der Waals surface area contributed by atoms with Crippen LogP contribution in [0.25, 0.3) is 0 Å². The zero-order chi connectivity index (χ0) is 21.1. The molecule has 1 N–H and O–H groups in total. The predicted octanol–water partition coefficient (Wildman–Crippen LogP) is 4.98. The summed E-state index contributed by atoms with van der Waals surface area (Å²) in [4.78, 5) is 15.2. The molecule has 2 unspecified atom stereocenters. The van der Waals surface area contributed by atoms with Crippen LogP contribution in [0.2, 0.25) is 5.02 Å². The fraction of sp³-hybridized carbons (Fsp3) is 0.818. The van der Waals surface area contributed by atoms with Crippen molar-refractivity contribution in [3.8, 4) is 0 Å². The Hall–Kier alpha value is -1.07.